The van der Waals surface area contributed by atoms with Gasteiger partial charge in [-0.05, 0) is 65.1 Å². The monoisotopic (exact) mass is 360 g/mol. The van der Waals surface area contributed by atoms with Crippen LogP contribution in [0, 0.1) is 5.92 Å². The van der Waals surface area contributed by atoms with E-state index in [-0.39, 0.29) is 11.8 Å². The zero-order valence-corrected chi connectivity index (χ0v) is 16.7. The third kappa shape index (κ3) is 9.47. The van der Waals surface area contributed by atoms with Gasteiger partial charge in [-0.25, -0.2) is 8.42 Å². The topological polar surface area (TPSA) is 73.8 Å². The summed E-state index contributed by atoms with van der Waals surface area (Å²) in [6.45, 7) is 11.5. The zero-order chi connectivity index (χ0) is 18.0. The molecule has 1 fully saturated rings. The Kier molecular flexibility index (Phi) is 9.66. The second kappa shape index (κ2) is 10.9. The normalized spacial score (nSPS) is 19.2. The third-order valence-electron chi connectivity index (χ3n) is 4.61. The molecule has 1 aliphatic rings. The van der Waals surface area contributed by atoms with Crippen LogP contribution in [0.4, 0.5) is 0 Å². The van der Waals surface area contributed by atoms with E-state index in [9.17, 15) is 8.42 Å². The standard InChI is InChI=1S/C17H36N4O2S/c1-5-18-17(20-15(3)10-14-24(4,22)23)19-11-7-16-8-12-21(6-2)13-9-16/h15-16H,5-14H2,1-4H3,(H2,18,19,20). The summed E-state index contributed by atoms with van der Waals surface area (Å²) in [4.78, 5) is 7.17. The van der Waals surface area contributed by atoms with E-state index in [0.717, 1.165) is 37.9 Å². The fourth-order valence-electron chi connectivity index (χ4n) is 2.97. The lowest BCUT2D eigenvalue weighted by molar-refractivity contribution is 0.188. The second-order valence-corrected chi connectivity index (χ2v) is 9.15. The lowest BCUT2D eigenvalue weighted by Crippen LogP contribution is -2.43. The number of aliphatic imine (C=N–C) groups is 1. The van der Waals surface area contributed by atoms with Crippen LogP contribution in [0.25, 0.3) is 0 Å². The van der Waals surface area contributed by atoms with Crippen LogP contribution in [0.15, 0.2) is 4.99 Å². The molecule has 142 valence electrons. The number of likely N-dealkylation sites (tertiary alicyclic amines) is 1. The molecule has 1 unspecified atom stereocenters. The van der Waals surface area contributed by atoms with Gasteiger partial charge in [-0.1, -0.05) is 6.92 Å². The van der Waals surface area contributed by atoms with Crippen molar-refractivity contribution in [1.82, 2.24) is 15.5 Å². The van der Waals surface area contributed by atoms with E-state index in [1.54, 1.807) is 0 Å². The van der Waals surface area contributed by atoms with Gasteiger partial charge in [0.15, 0.2) is 5.96 Å². The first-order valence-corrected chi connectivity index (χ1v) is 11.3. The zero-order valence-electron chi connectivity index (χ0n) is 15.8. The predicted octanol–water partition coefficient (Wildman–Crippen LogP) is 1.49. The summed E-state index contributed by atoms with van der Waals surface area (Å²) in [7, 11) is -2.91. The molecular formula is C17H36N4O2S. The van der Waals surface area contributed by atoms with Gasteiger partial charge in [-0.2, -0.15) is 0 Å². The summed E-state index contributed by atoms with van der Waals surface area (Å²) < 4.78 is 22.5. The summed E-state index contributed by atoms with van der Waals surface area (Å²) in [5.74, 6) is 1.78. The molecule has 1 saturated heterocycles. The third-order valence-corrected chi connectivity index (χ3v) is 5.59. The van der Waals surface area contributed by atoms with Crippen molar-refractivity contribution in [2.75, 3.05) is 44.7 Å². The maximum absolute atomic E-state index is 11.3. The van der Waals surface area contributed by atoms with E-state index in [2.05, 4.69) is 27.4 Å². The summed E-state index contributed by atoms with van der Waals surface area (Å²) in [5.41, 5.74) is 0. The molecule has 0 saturated carbocycles. The lowest BCUT2D eigenvalue weighted by Gasteiger charge is -2.30. The number of guanidine groups is 1. The van der Waals surface area contributed by atoms with Crippen LogP contribution < -0.4 is 10.6 Å². The molecular weight excluding hydrogens is 324 g/mol. The minimum atomic E-state index is -2.91. The number of hydrogen-bond donors (Lipinski definition) is 2. The largest absolute Gasteiger partial charge is 0.357 e. The summed E-state index contributed by atoms with van der Waals surface area (Å²) >= 11 is 0. The molecule has 0 bridgehead atoms. The van der Waals surface area contributed by atoms with Gasteiger partial charge in [0.1, 0.15) is 9.84 Å². The Morgan fingerprint density at radius 3 is 2.50 bits per heavy atom. The van der Waals surface area contributed by atoms with E-state index in [4.69, 9.17) is 0 Å². The van der Waals surface area contributed by atoms with Crippen LogP contribution in [0.5, 0.6) is 0 Å². The minimum absolute atomic E-state index is 0.0883. The van der Waals surface area contributed by atoms with Crippen molar-refractivity contribution in [3.63, 3.8) is 0 Å². The molecule has 0 spiro atoms. The van der Waals surface area contributed by atoms with E-state index in [0.29, 0.717) is 6.42 Å². The van der Waals surface area contributed by atoms with Crippen molar-refractivity contribution in [1.29, 1.82) is 0 Å². The average Bonchev–Trinajstić information content (AvgIpc) is 2.53. The first kappa shape index (κ1) is 21.2. The Balaban J connectivity index is 2.36. The van der Waals surface area contributed by atoms with Gasteiger partial charge in [0, 0.05) is 25.4 Å². The molecule has 7 heteroatoms. The maximum atomic E-state index is 11.3. The maximum Gasteiger partial charge on any atom is 0.191 e. The van der Waals surface area contributed by atoms with E-state index >= 15 is 0 Å². The number of rotatable bonds is 9. The summed E-state index contributed by atoms with van der Waals surface area (Å²) in [6.07, 6.45) is 5.56. The van der Waals surface area contributed by atoms with Gasteiger partial charge >= 0.3 is 0 Å². The van der Waals surface area contributed by atoms with Crippen LogP contribution in [0.3, 0.4) is 0 Å². The van der Waals surface area contributed by atoms with Crippen LogP contribution in [0.2, 0.25) is 0 Å². The number of hydrogen-bond acceptors (Lipinski definition) is 4. The van der Waals surface area contributed by atoms with Gasteiger partial charge in [-0.3, -0.25) is 4.99 Å². The highest BCUT2D eigenvalue weighted by Gasteiger charge is 2.17. The molecule has 0 aliphatic carbocycles. The summed E-state index contributed by atoms with van der Waals surface area (Å²) in [6, 6.07) is 0.0883. The Bertz CT molecular complexity index is 471. The molecule has 0 amide bonds. The van der Waals surface area contributed by atoms with Crippen molar-refractivity contribution in [2.24, 2.45) is 10.9 Å². The van der Waals surface area contributed by atoms with Crippen molar-refractivity contribution in [3.8, 4) is 0 Å². The predicted molar refractivity (Wildman–Crippen MR) is 102 cm³/mol. The lowest BCUT2D eigenvalue weighted by atomic mass is 9.94. The highest BCUT2D eigenvalue weighted by atomic mass is 32.2. The summed E-state index contributed by atoms with van der Waals surface area (Å²) in [5, 5.41) is 6.56. The quantitative estimate of drug-likeness (QED) is 0.481. The molecule has 1 atom stereocenters. The molecule has 2 N–H and O–H groups in total. The fraction of sp³-hybridized carbons (Fsp3) is 0.941. The molecule has 0 aromatic rings. The Labute approximate surface area is 148 Å². The van der Waals surface area contributed by atoms with Crippen LogP contribution in [-0.4, -0.2) is 70.1 Å². The first-order chi connectivity index (χ1) is 11.3. The van der Waals surface area contributed by atoms with E-state index < -0.39 is 9.84 Å². The fourth-order valence-corrected chi connectivity index (χ4v) is 3.75. The van der Waals surface area contributed by atoms with Gasteiger partial charge in [0.25, 0.3) is 0 Å². The van der Waals surface area contributed by atoms with Gasteiger partial charge in [-0.15, -0.1) is 0 Å². The molecule has 1 aliphatic heterocycles. The second-order valence-electron chi connectivity index (χ2n) is 6.89. The molecule has 24 heavy (non-hydrogen) atoms. The van der Waals surface area contributed by atoms with Crippen molar-refractivity contribution >= 4 is 15.8 Å². The van der Waals surface area contributed by atoms with Gasteiger partial charge in [0.2, 0.25) is 0 Å². The number of nitrogens with one attached hydrogen (secondary N) is 2. The number of piperidine rings is 1. The van der Waals surface area contributed by atoms with Crippen LogP contribution in [-0.2, 0) is 9.84 Å². The van der Waals surface area contributed by atoms with Crippen LogP contribution in [0.1, 0.15) is 46.5 Å². The van der Waals surface area contributed by atoms with Crippen LogP contribution >= 0.6 is 0 Å². The molecule has 0 aromatic carbocycles. The Hall–Kier alpha value is -0.820. The van der Waals surface area contributed by atoms with E-state index in [1.165, 1.54) is 32.2 Å². The van der Waals surface area contributed by atoms with Gasteiger partial charge < -0.3 is 15.5 Å². The molecule has 0 aromatic heterocycles. The number of nitrogens with zero attached hydrogens (tertiary/aromatic N) is 2. The van der Waals surface area contributed by atoms with Crippen molar-refractivity contribution in [3.05, 3.63) is 0 Å². The average molecular weight is 361 g/mol. The Morgan fingerprint density at radius 2 is 1.96 bits per heavy atom. The first-order valence-electron chi connectivity index (χ1n) is 9.29. The highest BCUT2D eigenvalue weighted by Crippen LogP contribution is 2.20. The molecule has 0 radical (unpaired) electrons. The van der Waals surface area contributed by atoms with Crippen molar-refractivity contribution in [2.45, 2.75) is 52.5 Å². The van der Waals surface area contributed by atoms with E-state index in [1.807, 2.05) is 13.8 Å². The molecule has 1 rings (SSSR count). The minimum Gasteiger partial charge on any atom is -0.357 e. The van der Waals surface area contributed by atoms with Gasteiger partial charge in [0.05, 0.1) is 5.75 Å². The Morgan fingerprint density at radius 1 is 1.29 bits per heavy atom. The smallest absolute Gasteiger partial charge is 0.191 e. The van der Waals surface area contributed by atoms with Crippen molar-refractivity contribution < 1.29 is 8.42 Å². The number of sulfone groups is 1. The molecule has 6 nitrogen and oxygen atoms in total. The highest BCUT2D eigenvalue weighted by molar-refractivity contribution is 7.90. The SMILES string of the molecule is CCNC(=NCCC1CCN(CC)CC1)NC(C)CCS(C)(=O)=O. The molecule has 1 heterocycles.